The summed E-state index contributed by atoms with van der Waals surface area (Å²) in [6, 6.07) is 68.0. The number of nitrogen functional groups attached to an aromatic ring is 2. The van der Waals surface area contributed by atoms with Crippen LogP contribution in [-0.4, -0.2) is 35.7 Å². The monoisotopic (exact) mass is 1130 g/mol. The molecule has 0 saturated heterocycles. The number of carbonyl (C=O) groups excluding carboxylic acids is 6. The third kappa shape index (κ3) is 16.0. The Balaban J connectivity index is 0.606. The molecule has 0 radical (unpaired) electrons. The summed E-state index contributed by atoms with van der Waals surface area (Å²) in [7, 11) is 0. The first-order chi connectivity index (χ1) is 41.3. The predicted octanol–water partition coefficient (Wildman–Crippen LogP) is 14.3. The fourth-order valence-corrected chi connectivity index (χ4v) is 8.42. The van der Waals surface area contributed by atoms with Crippen molar-refractivity contribution in [2.75, 3.05) is 54.0 Å². The van der Waals surface area contributed by atoms with Gasteiger partial charge in [0.15, 0.2) is 0 Å². The molecule has 10 aromatic rings. The number of ether oxygens (including phenoxy) is 2. The number of hydrogen-bond donors (Lipinski definition) is 10. The summed E-state index contributed by atoms with van der Waals surface area (Å²) in [5, 5.41) is 22.6. The third-order valence-electron chi connectivity index (χ3n) is 12.9. The van der Waals surface area contributed by atoms with Crippen LogP contribution in [-0.2, 0) is 6.42 Å². The van der Waals surface area contributed by atoms with Crippen molar-refractivity contribution in [3.63, 3.8) is 0 Å². The van der Waals surface area contributed by atoms with Gasteiger partial charge in [-0.2, -0.15) is 0 Å². The zero-order chi connectivity index (χ0) is 59.1. The number of carbonyl (C=O) groups is 6. The maximum atomic E-state index is 13.0. The molecule has 10 aromatic carbocycles. The van der Waals surface area contributed by atoms with Crippen molar-refractivity contribution in [2.45, 2.75) is 6.42 Å². The summed E-state index contributed by atoms with van der Waals surface area (Å²) in [5.41, 5.74) is 20.8. The van der Waals surface area contributed by atoms with Crippen LogP contribution >= 0.6 is 0 Å². The number of benzene rings is 10. The van der Waals surface area contributed by atoms with Gasteiger partial charge in [0.1, 0.15) is 23.0 Å². The second-order valence-electron chi connectivity index (χ2n) is 19.2. The van der Waals surface area contributed by atoms with E-state index in [1.54, 1.807) is 218 Å². The molecule has 0 atom stereocenters. The number of nitrogens with two attached hydrogens (primary N) is 2. The highest BCUT2D eigenvalue weighted by molar-refractivity contribution is 6.07. The Hall–Kier alpha value is -12.2. The number of nitrogens with one attached hydrogen (secondary N) is 8. The minimum absolute atomic E-state index is 0.255. The quantitative estimate of drug-likeness (QED) is 0.0363. The molecule has 85 heavy (non-hydrogen) atoms. The van der Waals surface area contributed by atoms with Crippen molar-refractivity contribution in [2.24, 2.45) is 0 Å². The van der Waals surface area contributed by atoms with E-state index >= 15 is 0 Å². The summed E-state index contributed by atoms with van der Waals surface area (Å²) >= 11 is 0. The molecule has 18 heteroatoms. The van der Waals surface area contributed by atoms with E-state index in [0.717, 1.165) is 11.1 Å². The number of urea groups is 2. The topological polar surface area (TPSA) is 269 Å². The van der Waals surface area contributed by atoms with Crippen molar-refractivity contribution >= 4 is 92.6 Å². The Morgan fingerprint density at radius 1 is 0.247 bits per heavy atom. The summed E-state index contributed by atoms with van der Waals surface area (Å²) < 4.78 is 11.9. The average Bonchev–Trinajstić information content (AvgIpc) is 3.54. The van der Waals surface area contributed by atoms with Gasteiger partial charge in [0.2, 0.25) is 0 Å². The van der Waals surface area contributed by atoms with Crippen molar-refractivity contribution < 1.29 is 38.2 Å². The molecule has 0 unspecified atom stereocenters. The van der Waals surface area contributed by atoms with Crippen LogP contribution in [0.3, 0.4) is 0 Å². The van der Waals surface area contributed by atoms with Crippen molar-refractivity contribution in [3.05, 3.63) is 276 Å². The molecule has 12 N–H and O–H groups in total. The molecule has 0 bridgehead atoms. The standard InChI is InChI=1S/C67H54N10O8/c68-48-13-5-44(6-14-48)62(78)70-50-25-33-58(34-26-50)84-60-37-29-52(30-38-60)72-64(80)46-9-21-56(22-10-46)76-66(82)74-54-17-1-42(2-18-54)41-43-3-19-55(20-4-43)75-67(83)77-57-23-11-47(12-24-57)65(81)73-53-31-39-61(40-32-53)85-59-35-27-51(28-36-59)71-63(79)45-7-15-49(69)16-8-45/h1-40H,41,68-69H2,(H,70,78)(H,71,79)(H,72,80)(H,73,81)(H2,74,76,82)(H2,75,77,83). The van der Waals surface area contributed by atoms with Crippen LogP contribution < -0.4 is 63.5 Å². The molecule has 0 aliphatic carbocycles. The molecule has 0 aliphatic rings. The smallest absolute Gasteiger partial charge is 0.323 e. The molecule has 0 spiro atoms. The van der Waals surface area contributed by atoms with E-state index in [2.05, 4.69) is 42.5 Å². The molecule has 0 aromatic heterocycles. The van der Waals surface area contributed by atoms with Gasteiger partial charge in [-0.05, 0) is 236 Å². The Labute approximate surface area is 488 Å². The van der Waals surface area contributed by atoms with Crippen LogP contribution in [0.25, 0.3) is 0 Å². The van der Waals surface area contributed by atoms with Crippen LogP contribution in [0.4, 0.5) is 66.5 Å². The number of hydrogen-bond acceptors (Lipinski definition) is 10. The van der Waals surface area contributed by atoms with Crippen molar-refractivity contribution in [1.29, 1.82) is 0 Å². The van der Waals surface area contributed by atoms with E-state index < -0.39 is 12.1 Å². The molecular weight excluding hydrogens is 1070 g/mol. The zero-order valence-electron chi connectivity index (χ0n) is 45.2. The SMILES string of the molecule is Nc1ccc(C(=O)Nc2ccc(Oc3ccc(NC(=O)c4ccc(NC(=O)Nc5ccc(Cc6ccc(NC(=O)Nc7ccc(C(=O)Nc8ccc(Oc9ccc(NC(=O)c%10ccc(N)cc%10)cc9)cc8)cc7)cc6)cc5)cc4)cc3)cc2)cc1. The van der Waals surface area contributed by atoms with E-state index in [-0.39, 0.29) is 23.6 Å². The van der Waals surface area contributed by atoms with Gasteiger partial charge in [-0.1, -0.05) is 24.3 Å². The average molecular weight is 1130 g/mol. The number of rotatable bonds is 18. The lowest BCUT2D eigenvalue weighted by atomic mass is 10.0. The number of anilines is 10. The highest BCUT2D eigenvalue weighted by Gasteiger charge is 2.13. The van der Waals surface area contributed by atoms with Crippen LogP contribution in [0.5, 0.6) is 23.0 Å². The number of amides is 8. The molecular formula is C67H54N10O8. The molecule has 0 aliphatic heterocycles. The van der Waals surface area contributed by atoms with Gasteiger partial charge in [-0.25, -0.2) is 9.59 Å². The summed E-state index contributed by atoms with van der Waals surface area (Å²) in [5.74, 6) is 1.04. The van der Waals surface area contributed by atoms with Gasteiger partial charge >= 0.3 is 12.1 Å². The van der Waals surface area contributed by atoms with Crippen LogP contribution in [0.2, 0.25) is 0 Å². The molecule has 18 nitrogen and oxygen atoms in total. The van der Waals surface area contributed by atoms with Crippen LogP contribution in [0.1, 0.15) is 52.6 Å². The molecule has 0 fully saturated rings. The predicted molar refractivity (Wildman–Crippen MR) is 333 cm³/mol. The summed E-state index contributed by atoms with van der Waals surface area (Å²) in [6.45, 7) is 0. The van der Waals surface area contributed by atoms with E-state index in [0.29, 0.717) is 109 Å². The molecule has 8 amide bonds. The highest BCUT2D eigenvalue weighted by Crippen LogP contribution is 2.28. The van der Waals surface area contributed by atoms with E-state index in [1.165, 1.54) is 0 Å². The Morgan fingerprint density at radius 3 is 0.671 bits per heavy atom. The lowest BCUT2D eigenvalue weighted by molar-refractivity contribution is 0.101. The Bertz CT molecular complexity index is 3720. The van der Waals surface area contributed by atoms with E-state index in [1.807, 2.05) is 24.3 Å². The van der Waals surface area contributed by atoms with Gasteiger partial charge in [-0.3, -0.25) is 19.2 Å². The van der Waals surface area contributed by atoms with Gasteiger partial charge < -0.3 is 63.5 Å². The van der Waals surface area contributed by atoms with Gasteiger partial charge in [0, 0.05) is 79.1 Å². The second-order valence-corrected chi connectivity index (χ2v) is 19.2. The van der Waals surface area contributed by atoms with Gasteiger partial charge in [0.25, 0.3) is 23.6 Å². The first-order valence-corrected chi connectivity index (χ1v) is 26.5. The van der Waals surface area contributed by atoms with Gasteiger partial charge in [-0.15, -0.1) is 0 Å². The molecule has 10 rings (SSSR count). The van der Waals surface area contributed by atoms with E-state index in [9.17, 15) is 28.8 Å². The Kier molecular flexibility index (Phi) is 17.4. The minimum atomic E-state index is -0.453. The third-order valence-corrected chi connectivity index (χ3v) is 12.9. The summed E-state index contributed by atoms with van der Waals surface area (Å²) in [6.07, 6.45) is 0.609. The lowest BCUT2D eigenvalue weighted by Crippen LogP contribution is -2.19. The maximum absolute atomic E-state index is 13.0. The van der Waals surface area contributed by atoms with Gasteiger partial charge in [0.05, 0.1) is 0 Å². The van der Waals surface area contributed by atoms with Crippen molar-refractivity contribution in [3.8, 4) is 23.0 Å². The molecule has 0 saturated carbocycles. The molecule has 420 valence electrons. The molecule has 0 heterocycles. The fraction of sp³-hybridized carbons (Fsp3) is 0.0149. The summed E-state index contributed by atoms with van der Waals surface area (Å²) in [4.78, 5) is 76.9. The van der Waals surface area contributed by atoms with Crippen molar-refractivity contribution in [1.82, 2.24) is 0 Å². The largest absolute Gasteiger partial charge is 0.457 e. The minimum Gasteiger partial charge on any atom is -0.457 e. The zero-order valence-corrected chi connectivity index (χ0v) is 45.2. The van der Waals surface area contributed by atoms with Crippen LogP contribution in [0.15, 0.2) is 243 Å². The highest BCUT2D eigenvalue weighted by atomic mass is 16.5. The normalized spacial score (nSPS) is 10.5. The van der Waals surface area contributed by atoms with Crippen LogP contribution in [0, 0.1) is 0 Å². The maximum Gasteiger partial charge on any atom is 0.323 e. The first-order valence-electron chi connectivity index (χ1n) is 26.5. The van der Waals surface area contributed by atoms with E-state index in [4.69, 9.17) is 20.9 Å². The second kappa shape index (κ2) is 26.4. The first kappa shape index (κ1) is 56.1. The fourth-order valence-electron chi connectivity index (χ4n) is 8.42. The lowest BCUT2D eigenvalue weighted by Gasteiger charge is -2.11. The Morgan fingerprint density at radius 2 is 0.435 bits per heavy atom.